The van der Waals surface area contributed by atoms with Gasteiger partial charge in [0.15, 0.2) is 23.2 Å². The van der Waals surface area contributed by atoms with Crippen LogP contribution in [0.5, 0.6) is 11.5 Å². The van der Waals surface area contributed by atoms with Crippen LogP contribution < -0.4 is 10.1 Å². The number of benzene rings is 1. The molecule has 4 aromatic rings. The summed E-state index contributed by atoms with van der Waals surface area (Å²) in [5, 5.41) is 16.9. The lowest BCUT2D eigenvalue weighted by atomic mass is 10.2. The molecule has 3 aromatic heterocycles. The minimum absolute atomic E-state index is 0.152. The third-order valence-electron chi connectivity index (χ3n) is 4.58. The van der Waals surface area contributed by atoms with E-state index in [9.17, 15) is 8.78 Å². The average Bonchev–Trinajstić information content (AvgIpc) is 3.36. The monoisotopic (exact) mass is 484 g/mol. The highest BCUT2D eigenvalue weighted by molar-refractivity contribution is 7.99. The van der Waals surface area contributed by atoms with E-state index < -0.39 is 11.6 Å². The predicted octanol–water partition coefficient (Wildman–Crippen LogP) is 4.51. The molecular weight excluding hydrogens is 462 g/mol. The van der Waals surface area contributed by atoms with Crippen LogP contribution in [0.4, 0.5) is 20.4 Å². The summed E-state index contributed by atoms with van der Waals surface area (Å²) in [4.78, 5) is 11.9. The second-order valence-corrected chi connectivity index (χ2v) is 8.66. The van der Waals surface area contributed by atoms with Crippen LogP contribution in [0.3, 0.4) is 0 Å². The van der Waals surface area contributed by atoms with Gasteiger partial charge in [0.2, 0.25) is 5.82 Å². The van der Waals surface area contributed by atoms with Gasteiger partial charge in [-0.1, -0.05) is 0 Å². The second-order valence-electron chi connectivity index (χ2n) is 7.49. The van der Waals surface area contributed by atoms with Crippen LogP contribution in [0.2, 0.25) is 0 Å². The summed E-state index contributed by atoms with van der Waals surface area (Å²) in [5.74, 6) is 0.772. The van der Waals surface area contributed by atoms with Gasteiger partial charge in [0.1, 0.15) is 11.6 Å². The normalized spacial score (nSPS) is 11.1. The number of nitrogens with one attached hydrogen (secondary N) is 2. The molecule has 2 N–H and O–H groups in total. The zero-order valence-electron chi connectivity index (χ0n) is 18.5. The topological polar surface area (TPSA) is 105 Å². The molecule has 0 radical (unpaired) electrons. The molecular formula is C22H22F2N8OS. The molecule has 0 aliphatic carbocycles. The Labute approximate surface area is 199 Å². The fraction of sp³-hybridized carbons (Fsp3) is 0.227. The van der Waals surface area contributed by atoms with Gasteiger partial charge in [-0.05, 0) is 68.4 Å². The maximum Gasteiger partial charge on any atom is 0.206 e. The van der Waals surface area contributed by atoms with E-state index in [4.69, 9.17) is 4.74 Å². The fourth-order valence-corrected chi connectivity index (χ4v) is 3.75. The van der Waals surface area contributed by atoms with Crippen LogP contribution in [-0.4, -0.2) is 61.9 Å². The van der Waals surface area contributed by atoms with E-state index in [1.165, 1.54) is 6.07 Å². The van der Waals surface area contributed by atoms with Gasteiger partial charge in [-0.15, -0.1) is 22.0 Å². The smallest absolute Gasteiger partial charge is 0.206 e. The molecule has 0 aliphatic heterocycles. The van der Waals surface area contributed by atoms with Gasteiger partial charge in [0.05, 0.1) is 0 Å². The van der Waals surface area contributed by atoms with Crippen molar-refractivity contribution in [3.63, 3.8) is 0 Å². The van der Waals surface area contributed by atoms with Gasteiger partial charge in [-0.25, -0.2) is 18.7 Å². The highest BCUT2D eigenvalue weighted by atomic mass is 32.2. The lowest BCUT2D eigenvalue weighted by Gasteiger charge is -2.14. The van der Waals surface area contributed by atoms with Crippen molar-refractivity contribution >= 4 is 23.4 Å². The van der Waals surface area contributed by atoms with E-state index >= 15 is 0 Å². The number of rotatable bonds is 10. The molecule has 0 saturated heterocycles. The van der Waals surface area contributed by atoms with Gasteiger partial charge < -0.3 is 15.0 Å². The van der Waals surface area contributed by atoms with E-state index in [-0.39, 0.29) is 5.75 Å². The molecule has 34 heavy (non-hydrogen) atoms. The van der Waals surface area contributed by atoms with Gasteiger partial charge >= 0.3 is 0 Å². The number of aromatic nitrogens is 6. The number of nitrogens with zero attached hydrogens (tertiary/aromatic N) is 6. The largest absolute Gasteiger partial charge is 0.453 e. The zero-order valence-corrected chi connectivity index (χ0v) is 19.3. The van der Waals surface area contributed by atoms with Crippen LogP contribution >= 0.6 is 11.8 Å². The first-order valence-corrected chi connectivity index (χ1v) is 11.3. The van der Waals surface area contributed by atoms with Crippen LogP contribution in [0.15, 0.2) is 53.7 Å². The number of hydrogen-bond donors (Lipinski definition) is 2. The van der Waals surface area contributed by atoms with Crippen LogP contribution in [0.1, 0.15) is 6.42 Å². The minimum Gasteiger partial charge on any atom is -0.453 e. The number of tetrazole rings is 1. The van der Waals surface area contributed by atoms with Crippen LogP contribution in [0.25, 0.3) is 11.4 Å². The van der Waals surface area contributed by atoms with E-state index in [1.54, 1.807) is 36.3 Å². The average molecular weight is 485 g/mol. The molecule has 0 unspecified atom stereocenters. The number of aromatic amines is 1. The van der Waals surface area contributed by atoms with Gasteiger partial charge in [0.25, 0.3) is 0 Å². The third kappa shape index (κ3) is 6.23. The Morgan fingerprint density at radius 2 is 1.94 bits per heavy atom. The Balaban J connectivity index is 1.54. The summed E-state index contributed by atoms with van der Waals surface area (Å²) in [6.45, 7) is 0.976. The Hall–Kier alpha value is -3.64. The Kier molecular flexibility index (Phi) is 7.60. The Morgan fingerprint density at radius 1 is 1.06 bits per heavy atom. The maximum absolute atomic E-state index is 13.7. The quantitative estimate of drug-likeness (QED) is 0.248. The van der Waals surface area contributed by atoms with E-state index in [1.807, 2.05) is 20.2 Å². The summed E-state index contributed by atoms with van der Waals surface area (Å²) >= 11 is 1.64. The summed E-state index contributed by atoms with van der Waals surface area (Å²) in [7, 11) is 4.06. The zero-order chi connectivity index (χ0) is 23.9. The molecule has 1 aromatic carbocycles. The van der Waals surface area contributed by atoms with E-state index in [0.717, 1.165) is 35.7 Å². The number of thioether (sulfide) groups is 1. The van der Waals surface area contributed by atoms with Crippen molar-refractivity contribution in [1.29, 1.82) is 0 Å². The molecule has 0 bridgehead atoms. The van der Waals surface area contributed by atoms with E-state index in [2.05, 4.69) is 40.8 Å². The lowest BCUT2D eigenvalue weighted by molar-refractivity contribution is 0.410. The Bertz CT molecular complexity index is 1220. The summed E-state index contributed by atoms with van der Waals surface area (Å²) in [6.07, 6.45) is 4.33. The molecule has 3 heterocycles. The number of pyridine rings is 2. The standard InChI is InChI=1S/C22H22F2N8OS/c1-32(2)8-3-9-34-16-11-19(33-15-5-6-17(23)18(24)10-15)22(26-13-16)27-20-7-4-14(12-25-20)21-28-30-31-29-21/h4-7,10-13H,3,8-9H2,1-2H3,(H,25,26,27)(H,28,29,30,31). The molecule has 0 atom stereocenters. The SMILES string of the molecule is CN(C)CCCSc1cnc(Nc2ccc(-c3nn[nH]n3)cn2)c(Oc2ccc(F)c(F)c2)c1. The number of hydrogen-bond acceptors (Lipinski definition) is 9. The molecule has 12 heteroatoms. The van der Waals surface area contributed by atoms with Crippen molar-refractivity contribution in [3.8, 4) is 22.9 Å². The summed E-state index contributed by atoms with van der Waals surface area (Å²) < 4.78 is 32.9. The molecule has 0 amide bonds. The number of ether oxygens (including phenoxy) is 1. The summed E-state index contributed by atoms with van der Waals surface area (Å²) in [6, 6.07) is 8.70. The fourth-order valence-electron chi connectivity index (χ4n) is 2.92. The highest BCUT2D eigenvalue weighted by Gasteiger charge is 2.13. The van der Waals surface area contributed by atoms with Crippen LogP contribution in [-0.2, 0) is 0 Å². The third-order valence-corrected chi connectivity index (χ3v) is 5.63. The predicted molar refractivity (Wildman–Crippen MR) is 125 cm³/mol. The molecule has 0 fully saturated rings. The van der Waals surface area contributed by atoms with Gasteiger partial charge in [-0.2, -0.15) is 5.21 Å². The molecule has 0 saturated carbocycles. The highest BCUT2D eigenvalue weighted by Crippen LogP contribution is 2.34. The molecule has 176 valence electrons. The lowest BCUT2D eigenvalue weighted by Crippen LogP contribution is -2.13. The van der Waals surface area contributed by atoms with Gasteiger partial charge in [0, 0.05) is 28.9 Å². The van der Waals surface area contributed by atoms with Crippen molar-refractivity contribution in [2.24, 2.45) is 0 Å². The summed E-state index contributed by atoms with van der Waals surface area (Å²) in [5.41, 5.74) is 0.690. The molecule has 9 nitrogen and oxygen atoms in total. The molecule has 0 aliphatic rings. The van der Waals surface area contributed by atoms with Crippen molar-refractivity contribution in [1.82, 2.24) is 35.5 Å². The number of halogens is 2. The number of H-pyrrole nitrogens is 1. The minimum atomic E-state index is -0.993. The second kappa shape index (κ2) is 11.0. The first kappa shape index (κ1) is 23.5. The first-order chi connectivity index (χ1) is 16.5. The first-order valence-electron chi connectivity index (χ1n) is 10.4. The Morgan fingerprint density at radius 3 is 2.65 bits per heavy atom. The van der Waals surface area contributed by atoms with E-state index in [0.29, 0.717) is 28.8 Å². The van der Waals surface area contributed by atoms with Crippen molar-refractivity contribution in [3.05, 3.63) is 60.4 Å². The van der Waals surface area contributed by atoms with Crippen LogP contribution in [0, 0.1) is 11.6 Å². The molecule has 4 rings (SSSR count). The molecule has 0 spiro atoms. The van der Waals surface area contributed by atoms with Crippen molar-refractivity contribution in [2.45, 2.75) is 11.3 Å². The van der Waals surface area contributed by atoms with Crippen molar-refractivity contribution < 1.29 is 13.5 Å². The van der Waals surface area contributed by atoms with Gasteiger partial charge in [-0.3, -0.25) is 0 Å². The number of anilines is 2. The maximum atomic E-state index is 13.7. The van der Waals surface area contributed by atoms with Crippen molar-refractivity contribution in [2.75, 3.05) is 31.7 Å².